The average molecular weight is 423 g/mol. The predicted molar refractivity (Wildman–Crippen MR) is 108 cm³/mol. The van der Waals surface area contributed by atoms with Gasteiger partial charge in [0.15, 0.2) is 6.10 Å². The van der Waals surface area contributed by atoms with Crippen molar-refractivity contribution in [1.82, 2.24) is 0 Å². The van der Waals surface area contributed by atoms with Crippen LogP contribution in [0, 0.1) is 29.6 Å². The summed E-state index contributed by atoms with van der Waals surface area (Å²) in [5.41, 5.74) is 0.0851. The lowest BCUT2D eigenvalue weighted by atomic mass is 9.57. The normalized spacial score (nSPS) is 53.3. The fourth-order valence-electron chi connectivity index (χ4n) is 6.34. The number of esters is 1. The number of carbonyl (C=O) groups excluding carboxylic acids is 1. The highest BCUT2D eigenvalue weighted by Crippen LogP contribution is 2.60. The molecule has 0 aromatic carbocycles. The monoisotopic (exact) mass is 422 g/mol. The van der Waals surface area contributed by atoms with E-state index in [4.69, 9.17) is 14.2 Å². The fourth-order valence-corrected chi connectivity index (χ4v) is 6.34. The molecule has 1 saturated carbocycles. The molecule has 4 rings (SSSR count). The zero-order valence-electron chi connectivity index (χ0n) is 18.3. The molecule has 4 aliphatic rings. The summed E-state index contributed by atoms with van der Waals surface area (Å²) in [6.07, 6.45) is 2.09. The molecule has 0 radical (unpaired) electrons. The van der Waals surface area contributed by atoms with E-state index in [9.17, 15) is 20.1 Å². The summed E-state index contributed by atoms with van der Waals surface area (Å²) in [5, 5.41) is 32.3. The minimum atomic E-state index is -0.853. The van der Waals surface area contributed by atoms with Crippen LogP contribution in [0.1, 0.15) is 34.1 Å². The third kappa shape index (κ3) is 3.01. The number of cyclic esters (lactones) is 1. The average Bonchev–Trinajstić information content (AvgIpc) is 2.91. The molecule has 7 heteroatoms. The van der Waals surface area contributed by atoms with E-state index >= 15 is 0 Å². The summed E-state index contributed by atoms with van der Waals surface area (Å²) in [4.78, 5) is 12.8. The van der Waals surface area contributed by atoms with Gasteiger partial charge in [0.05, 0.1) is 24.4 Å². The van der Waals surface area contributed by atoms with Gasteiger partial charge in [-0.3, -0.25) is 0 Å². The van der Waals surface area contributed by atoms with Crippen LogP contribution in [0.3, 0.4) is 0 Å². The first kappa shape index (κ1) is 22.0. The zero-order chi connectivity index (χ0) is 22.0. The van der Waals surface area contributed by atoms with Gasteiger partial charge in [0.25, 0.3) is 0 Å². The van der Waals surface area contributed by atoms with Crippen molar-refractivity contribution < 1.29 is 34.3 Å². The first-order chi connectivity index (χ1) is 14.1. The molecule has 12 atom stereocenters. The molecule has 2 heterocycles. The van der Waals surface area contributed by atoms with Gasteiger partial charge in [0, 0.05) is 36.7 Å². The Morgan fingerprint density at radius 2 is 1.93 bits per heavy atom. The number of ether oxygens (including phenoxy) is 3. The molecule has 7 nitrogen and oxygen atoms in total. The second-order valence-electron chi connectivity index (χ2n) is 9.62. The van der Waals surface area contributed by atoms with E-state index in [2.05, 4.69) is 0 Å². The Kier molecular flexibility index (Phi) is 5.64. The SMILES string of the molecule is CO[C@@H]1C[C@H]2C=CC3C4[C@H](O)[C@@H](C)[C@@H](O)[C@@H]3O[C@]42/C(C)=C/[C@@H](C)C(C(C)O)OC1=O. The number of hydrogen-bond donors (Lipinski definition) is 3. The minimum Gasteiger partial charge on any atom is -0.457 e. The quantitative estimate of drug-likeness (QED) is 0.454. The third-order valence-corrected chi connectivity index (χ3v) is 7.91. The molecule has 168 valence electrons. The summed E-state index contributed by atoms with van der Waals surface area (Å²) in [7, 11) is 1.47. The Morgan fingerprint density at radius 3 is 2.57 bits per heavy atom. The van der Waals surface area contributed by atoms with Crippen LogP contribution < -0.4 is 0 Å². The van der Waals surface area contributed by atoms with Crippen molar-refractivity contribution in [2.75, 3.05) is 7.11 Å². The molecular weight excluding hydrogens is 388 g/mol. The minimum absolute atomic E-state index is 0.0930. The standard InChI is InChI=1S/C23H34O7/c1-10-8-11(2)23-14(9-16(28-5)22(27)29-20(10)13(4)24)6-7-15-17(23)18(25)12(3)19(26)21(15)30-23/h6-8,10,12-21,24-26H,9H2,1-5H3/b11-8+/t10-,12-,13?,14-,15?,16-,17?,18-,19-,20?,21-,23+/m1/s1. The van der Waals surface area contributed by atoms with Crippen molar-refractivity contribution in [3.05, 3.63) is 23.8 Å². The summed E-state index contributed by atoms with van der Waals surface area (Å²) < 4.78 is 17.8. The maximum atomic E-state index is 12.8. The molecule has 0 aromatic rings. The molecule has 2 aliphatic carbocycles. The van der Waals surface area contributed by atoms with Crippen LogP contribution in [0.2, 0.25) is 0 Å². The Bertz CT molecular complexity index is 746. The molecule has 30 heavy (non-hydrogen) atoms. The summed E-state index contributed by atoms with van der Waals surface area (Å²) in [6, 6.07) is 0. The molecule has 4 unspecified atom stereocenters. The highest BCUT2D eigenvalue weighted by Gasteiger charge is 2.68. The second-order valence-corrected chi connectivity index (χ2v) is 9.62. The number of aliphatic hydroxyl groups is 3. The topological polar surface area (TPSA) is 105 Å². The second kappa shape index (κ2) is 7.71. The van der Waals surface area contributed by atoms with E-state index in [1.54, 1.807) is 6.92 Å². The maximum Gasteiger partial charge on any atom is 0.335 e. The molecule has 0 amide bonds. The van der Waals surface area contributed by atoms with Gasteiger partial charge in [-0.2, -0.15) is 0 Å². The maximum absolute atomic E-state index is 12.8. The lowest BCUT2D eigenvalue weighted by Crippen LogP contribution is -2.56. The zero-order valence-corrected chi connectivity index (χ0v) is 18.3. The smallest absolute Gasteiger partial charge is 0.335 e. The largest absolute Gasteiger partial charge is 0.457 e. The number of aliphatic hydroxyl groups excluding tert-OH is 3. The van der Waals surface area contributed by atoms with Crippen LogP contribution in [-0.4, -0.2) is 70.6 Å². The molecule has 1 saturated heterocycles. The summed E-state index contributed by atoms with van der Waals surface area (Å²) >= 11 is 0. The highest BCUT2D eigenvalue weighted by molar-refractivity contribution is 5.75. The number of methoxy groups -OCH3 is 1. The van der Waals surface area contributed by atoms with Gasteiger partial charge in [-0.25, -0.2) is 4.79 Å². The van der Waals surface area contributed by atoms with E-state index in [1.807, 2.05) is 39.0 Å². The van der Waals surface area contributed by atoms with Crippen LogP contribution in [-0.2, 0) is 19.0 Å². The number of carbonyl (C=O) groups is 1. The molecule has 0 aromatic heterocycles. The van der Waals surface area contributed by atoms with Gasteiger partial charge in [0.1, 0.15) is 11.7 Å². The highest BCUT2D eigenvalue weighted by atomic mass is 16.6. The molecule has 1 spiro atoms. The van der Waals surface area contributed by atoms with Gasteiger partial charge in [-0.1, -0.05) is 32.1 Å². The third-order valence-electron chi connectivity index (χ3n) is 7.91. The van der Waals surface area contributed by atoms with Crippen molar-refractivity contribution in [3.63, 3.8) is 0 Å². The molecule has 2 fully saturated rings. The fraction of sp³-hybridized carbons (Fsp3) is 0.783. The van der Waals surface area contributed by atoms with E-state index in [0.717, 1.165) is 5.57 Å². The van der Waals surface area contributed by atoms with Crippen LogP contribution >= 0.6 is 0 Å². The van der Waals surface area contributed by atoms with E-state index < -0.39 is 48.2 Å². The van der Waals surface area contributed by atoms with E-state index in [1.165, 1.54) is 7.11 Å². The van der Waals surface area contributed by atoms with Crippen molar-refractivity contribution in [2.24, 2.45) is 29.6 Å². The Morgan fingerprint density at radius 1 is 1.23 bits per heavy atom. The number of rotatable bonds is 2. The molecular formula is C23H34O7. The predicted octanol–water partition coefficient (Wildman–Crippen LogP) is 1.21. The van der Waals surface area contributed by atoms with Crippen LogP contribution in [0.25, 0.3) is 0 Å². The van der Waals surface area contributed by atoms with Crippen molar-refractivity contribution in [3.8, 4) is 0 Å². The Hall–Kier alpha value is -1.25. The first-order valence-electron chi connectivity index (χ1n) is 11.0. The molecule has 2 aliphatic heterocycles. The molecule has 4 bridgehead atoms. The van der Waals surface area contributed by atoms with Crippen LogP contribution in [0.5, 0.6) is 0 Å². The van der Waals surface area contributed by atoms with Crippen molar-refractivity contribution in [1.29, 1.82) is 0 Å². The summed E-state index contributed by atoms with van der Waals surface area (Å²) in [6.45, 7) is 7.34. The van der Waals surface area contributed by atoms with E-state index in [-0.39, 0.29) is 29.6 Å². The van der Waals surface area contributed by atoms with Crippen molar-refractivity contribution in [2.45, 2.75) is 76.3 Å². The van der Waals surface area contributed by atoms with Crippen LogP contribution in [0.15, 0.2) is 23.8 Å². The first-order valence-corrected chi connectivity index (χ1v) is 11.0. The number of hydrogen-bond acceptors (Lipinski definition) is 7. The Labute approximate surface area is 177 Å². The lowest BCUT2D eigenvalue weighted by Gasteiger charge is -2.48. The van der Waals surface area contributed by atoms with E-state index in [0.29, 0.717) is 6.42 Å². The van der Waals surface area contributed by atoms with Gasteiger partial charge in [-0.15, -0.1) is 0 Å². The lowest BCUT2D eigenvalue weighted by molar-refractivity contribution is -0.172. The summed E-state index contributed by atoms with van der Waals surface area (Å²) in [5.74, 6) is -1.63. The van der Waals surface area contributed by atoms with Gasteiger partial charge in [0.2, 0.25) is 0 Å². The molecule has 3 N–H and O–H groups in total. The van der Waals surface area contributed by atoms with Gasteiger partial charge < -0.3 is 29.5 Å². The van der Waals surface area contributed by atoms with Crippen molar-refractivity contribution >= 4 is 5.97 Å². The Balaban J connectivity index is 1.86. The van der Waals surface area contributed by atoms with Gasteiger partial charge >= 0.3 is 5.97 Å². The van der Waals surface area contributed by atoms with Gasteiger partial charge in [-0.05, 0) is 25.8 Å². The van der Waals surface area contributed by atoms with Crippen LogP contribution in [0.4, 0.5) is 0 Å².